The number of nitrogens with zero attached hydrogens (tertiary/aromatic N) is 1. The highest BCUT2D eigenvalue weighted by Crippen LogP contribution is 2.42. The van der Waals surface area contributed by atoms with Crippen LogP contribution in [-0.4, -0.2) is 31.6 Å². The molecule has 3 heteroatoms. The molecular weight excluding hydrogens is 191 g/mol. The van der Waals surface area contributed by atoms with Crippen molar-refractivity contribution in [1.29, 1.82) is 0 Å². The van der Waals surface area contributed by atoms with Crippen molar-refractivity contribution in [3.8, 4) is 0 Å². The molecule has 2 heterocycles. The summed E-state index contributed by atoms with van der Waals surface area (Å²) < 4.78 is 13.1. The molecule has 1 spiro atoms. The SMILES string of the molecule is CN1CCC2(CNc3cc(F)ccc32)C1. The highest BCUT2D eigenvalue weighted by Gasteiger charge is 2.43. The van der Waals surface area contributed by atoms with Crippen LogP contribution in [0, 0.1) is 5.82 Å². The molecular formula is C12H15FN2. The van der Waals surface area contributed by atoms with Crippen LogP contribution in [0.15, 0.2) is 18.2 Å². The second-order valence-electron chi connectivity index (χ2n) is 4.81. The quantitative estimate of drug-likeness (QED) is 0.696. The minimum Gasteiger partial charge on any atom is -0.384 e. The second kappa shape index (κ2) is 2.95. The van der Waals surface area contributed by atoms with Gasteiger partial charge in [0.1, 0.15) is 5.82 Å². The standard InChI is InChI=1S/C12H15FN2/c1-15-5-4-12(8-15)7-14-11-6-9(13)2-3-10(11)12/h2-3,6,14H,4-5,7-8H2,1H3. The highest BCUT2D eigenvalue weighted by atomic mass is 19.1. The first-order valence-corrected chi connectivity index (χ1v) is 5.42. The largest absolute Gasteiger partial charge is 0.384 e. The van der Waals surface area contributed by atoms with Crippen LogP contribution in [0.3, 0.4) is 0 Å². The third-order valence-electron chi connectivity index (χ3n) is 3.71. The molecule has 1 saturated heterocycles. The lowest BCUT2D eigenvalue weighted by Crippen LogP contribution is -2.31. The van der Waals surface area contributed by atoms with Crippen LogP contribution in [0.1, 0.15) is 12.0 Å². The molecule has 2 aliphatic heterocycles. The molecule has 0 bridgehead atoms. The molecule has 1 fully saturated rings. The maximum Gasteiger partial charge on any atom is 0.125 e. The van der Waals surface area contributed by atoms with E-state index in [0.29, 0.717) is 0 Å². The van der Waals surface area contributed by atoms with Crippen molar-refractivity contribution in [1.82, 2.24) is 4.90 Å². The number of hydrogen-bond donors (Lipinski definition) is 1. The van der Waals surface area contributed by atoms with E-state index < -0.39 is 0 Å². The summed E-state index contributed by atoms with van der Waals surface area (Å²) in [7, 11) is 2.15. The Balaban J connectivity index is 2.04. The van der Waals surface area contributed by atoms with Crippen molar-refractivity contribution in [2.24, 2.45) is 0 Å². The van der Waals surface area contributed by atoms with Gasteiger partial charge in [0.25, 0.3) is 0 Å². The van der Waals surface area contributed by atoms with Crippen LogP contribution in [0.5, 0.6) is 0 Å². The van der Waals surface area contributed by atoms with Gasteiger partial charge < -0.3 is 10.2 Å². The Bertz CT molecular complexity index is 405. The van der Waals surface area contributed by atoms with E-state index in [1.807, 2.05) is 6.07 Å². The Morgan fingerprint density at radius 2 is 2.33 bits per heavy atom. The minimum absolute atomic E-state index is 0.148. The number of benzene rings is 1. The van der Waals surface area contributed by atoms with E-state index >= 15 is 0 Å². The van der Waals surface area contributed by atoms with E-state index in [1.165, 1.54) is 12.0 Å². The molecule has 1 atom stereocenters. The van der Waals surface area contributed by atoms with E-state index in [9.17, 15) is 4.39 Å². The van der Waals surface area contributed by atoms with Gasteiger partial charge in [0.15, 0.2) is 0 Å². The molecule has 15 heavy (non-hydrogen) atoms. The number of likely N-dealkylation sites (tertiary alicyclic amines) is 1. The molecule has 1 unspecified atom stereocenters. The van der Waals surface area contributed by atoms with Gasteiger partial charge in [-0.15, -0.1) is 0 Å². The number of halogens is 1. The second-order valence-corrected chi connectivity index (χ2v) is 4.81. The van der Waals surface area contributed by atoms with Crippen molar-refractivity contribution in [3.63, 3.8) is 0 Å². The topological polar surface area (TPSA) is 15.3 Å². The summed E-state index contributed by atoms with van der Waals surface area (Å²) in [4.78, 5) is 2.35. The summed E-state index contributed by atoms with van der Waals surface area (Å²) in [6.45, 7) is 3.17. The lowest BCUT2D eigenvalue weighted by Gasteiger charge is -2.22. The van der Waals surface area contributed by atoms with Gasteiger partial charge in [-0.05, 0) is 37.7 Å². The molecule has 1 aromatic rings. The first-order valence-electron chi connectivity index (χ1n) is 5.42. The average Bonchev–Trinajstić information content (AvgIpc) is 2.73. The third kappa shape index (κ3) is 1.26. The van der Waals surface area contributed by atoms with E-state index in [-0.39, 0.29) is 11.2 Å². The first-order chi connectivity index (χ1) is 7.20. The summed E-state index contributed by atoms with van der Waals surface area (Å²) >= 11 is 0. The molecule has 3 rings (SSSR count). The Kier molecular flexibility index (Phi) is 1.80. The summed E-state index contributed by atoms with van der Waals surface area (Å²) in [5.41, 5.74) is 2.52. The Hall–Kier alpha value is -1.09. The molecule has 2 aliphatic rings. The molecule has 1 aromatic carbocycles. The van der Waals surface area contributed by atoms with Crippen molar-refractivity contribution in [2.75, 3.05) is 32.0 Å². The highest BCUT2D eigenvalue weighted by molar-refractivity contribution is 5.61. The summed E-state index contributed by atoms with van der Waals surface area (Å²) in [5.74, 6) is -0.148. The Morgan fingerprint density at radius 1 is 1.47 bits per heavy atom. The average molecular weight is 206 g/mol. The minimum atomic E-state index is -0.148. The first kappa shape index (κ1) is 9.16. The number of fused-ring (bicyclic) bond motifs is 2. The number of likely N-dealkylation sites (N-methyl/N-ethyl adjacent to an activating group) is 1. The predicted molar refractivity (Wildman–Crippen MR) is 58.7 cm³/mol. The molecule has 0 amide bonds. The predicted octanol–water partition coefficient (Wildman–Crippen LogP) is 1.82. The number of hydrogen-bond acceptors (Lipinski definition) is 2. The maximum absolute atomic E-state index is 13.1. The van der Waals surface area contributed by atoms with Gasteiger partial charge >= 0.3 is 0 Å². The molecule has 1 N–H and O–H groups in total. The van der Waals surface area contributed by atoms with E-state index in [4.69, 9.17) is 0 Å². The Morgan fingerprint density at radius 3 is 3.07 bits per heavy atom. The van der Waals surface area contributed by atoms with Crippen molar-refractivity contribution in [3.05, 3.63) is 29.6 Å². The van der Waals surface area contributed by atoms with Crippen LogP contribution in [-0.2, 0) is 5.41 Å². The molecule has 0 saturated carbocycles. The zero-order valence-corrected chi connectivity index (χ0v) is 8.89. The van der Waals surface area contributed by atoms with Gasteiger partial charge in [0.2, 0.25) is 0 Å². The van der Waals surface area contributed by atoms with Gasteiger partial charge in [0, 0.05) is 24.2 Å². The van der Waals surface area contributed by atoms with E-state index in [0.717, 1.165) is 25.3 Å². The summed E-state index contributed by atoms with van der Waals surface area (Å²) in [6, 6.07) is 5.14. The van der Waals surface area contributed by atoms with Gasteiger partial charge in [-0.25, -0.2) is 4.39 Å². The van der Waals surface area contributed by atoms with E-state index in [2.05, 4.69) is 17.3 Å². The number of rotatable bonds is 0. The van der Waals surface area contributed by atoms with Crippen molar-refractivity contribution in [2.45, 2.75) is 11.8 Å². The fraction of sp³-hybridized carbons (Fsp3) is 0.500. The maximum atomic E-state index is 13.1. The molecule has 0 aromatic heterocycles. The Labute approximate surface area is 89.1 Å². The van der Waals surface area contributed by atoms with Crippen LogP contribution in [0.2, 0.25) is 0 Å². The van der Waals surface area contributed by atoms with Crippen LogP contribution < -0.4 is 5.32 Å². The lowest BCUT2D eigenvalue weighted by atomic mass is 9.82. The van der Waals surface area contributed by atoms with Gasteiger partial charge in [-0.2, -0.15) is 0 Å². The van der Waals surface area contributed by atoms with Gasteiger partial charge in [0.05, 0.1) is 0 Å². The third-order valence-corrected chi connectivity index (χ3v) is 3.71. The zero-order valence-electron chi connectivity index (χ0n) is 8.89. The fourth-order valence-corrected chi connectivity index (χ4v) is 2.93. The molecule has 80 valence electrons. The van der Waals surface area contributed by atoms with Crippen LogP contribution >= 0.6 is 0 Å². The van der Waals surface area contributed by atoms with Crippen molar-refractivity contribution < 1.29 is 4.39 Å². The molecule has 2 nitrogen and oxygen atoms in total. The monoisotopic (exact) mass is 206 g/mol. The molecule has 0 aliphatic carbocycles. The zero-order chi connectivity index (χ0) is 10.5. The van der Waals surface area contributed by atoms with Crippen LogP contribution in [0.25, 0.3) is 0 Å². The number of nitrogens with one attached hydrogen (secondary N) is 1. The smallest absolute Gasteiger partial charge is 0.125 e. The summed E-state index contributed by atoms with van der Waals surface area (Å²) in [6.07, 6.45) is 1.18. The normalized spacial score (nSPS) is 29.5. The number of anilines is 1. The molecule has 0 radical (unpaired) electrons. The van der Waals surface area contributed by atoms with E-state index in [1.54, 1.807) is 12.1 Å². The fourth-order valence-electron chi connectivity index (χ4n) is 2.93. The van der Waals surface area contributed by atoms with Gasteiger partial charge in [-0.3, -0.25) is 0 Å². The lowest BCUT2D eigenvalue weighted by molar-refractivity contribution is 0.381. The summed E-state index contributed by atoms with van der Waals surface area (Å²) in [5, 5.41) is 3.33. The van der Waals surface area contributed by atoms with Crippen molar-refractivity contribution >= 4 is 5.69 Å². The van der Waals surface area contributed by atoms with Gasteiger partial charge in [-0.1, -0.05) is 6.07 Å². The van der Waals surface area contributed by atoms with Crippen LogP contribution in [0.4, 0.5) is 10.1 Å².